The lowest BCUT2D eigenvalue weighted by atomic mass is 10.1. The Bertz CT molecular complexity index is 1040. The molecule has 2 atom stereocenters. The van der Waals surface area contributed by atoms with E-state index in [-0.39, 0.29) is 21.8 Å². The molecule has 0 spiro atoms. The van der Waals surface area contributed by atoms with E-state index in [2.05, 4.69) is 10.0 Å². The lowest BCUT2D eigenvalue weighted by molar-refractivity contribution is 0.101. The number of carbonyl (C=O) groups is 1. The number of rotatable bonds is 3. The van der Waals surface area contributed by atoms with Gasteiger partial charge in [0.15, 0.2) is 17.5 Å². The maximum absolute atomic E-state index is 13.3. The molecule has 0 aliphatic carbocycles. The molecule has 2 unspecified atom stereocenters. The normalized spacial score (nSPS) is 21.6. The molecule has 27 heavy (non-hydrogen) atoms. The number of hydrogen-bond donors (Lipinski definition) is 4. The molecule has 0 saturated carbocycles. The van der Waals surface area contributed by atoms with Gasteiger partial charge in [-0.15, -0.1) is 0 Å². The number of nitrogens with zero attached hydrogens (tertiary/aromatic N) is 1. The first-order valence-corrected chi connectivity index (χ1v) is 9.20. The standard InChI is InChI=1S/C16H15F3N4O3S/c1-23-6-13-10(3-2-8(7-24)22-27(13,20)26)15(23)16(25)21-9-4-11(17)14(19)12(18)5-9/h2-6,8,24H,7H2,1H3,(H,21,25)(H2,20,22,26). The number of carbonyl (C=O) groups excluding carboxylic acids is 1. The van der Waals surface area contributed by atoms with Crippen molar-refractivity contribution in [1.82, 2.24) is 9.29 Å². The molecule has 1 amide bonds. The first-order valence-electron chi connectivity index (χ1n) is 7.64. The SMILES string of the molecule is Cn1cc2c(c1C(=O)Nc1cc(F)c(F)c(F)c1)C=CC(CO)NS2(=N)=O. The largest absolute Gasteiger partial charge is 0.394 e. The number of nitrogens with one attached hydrogen (secondary N) is 3. The zero-order valence-electron chi connectivity index (χ0n) is 13.9. The zero-order chi connectivity index (χ0) is 19.9. The van der Waals surface area contributed by atoms with E-state index in [9.17, 15) is 27.3 Å². The van der Waals surface area contributed by atoms with Gasteiger partial charge in [0.2, 0.25) is 0 Å². The number of halogens is 3. The van der Waals surface area contributed by atoms with Gasteiger partial charge in [0.05, 0.1) is 17.5 Å². The molecule has 2 aromatic rings. The minimum absolute atomic E-state index is 0.0215. The highest BCUT2D eigenvalue weighted by molar-refractivity contribution is 7.90. The Balaban J connectivity index is 2.04. The second kappa shape index (κ2) is 6.83. The quantitative estimate of drug-likeness (QED) is 0.592. The van der Waals surface area contributed by atoms with Crippen molar-refractivity contribution in [2.45, 2.75) is 10.9 Å². The topological polar surface area (TPSA) is 107 Å². The number of hydrogen-bond acceptors (Lipinski definition) is 4. The van der Waals surface area contributed by atoms with Gasteiger partial charge in [0.1, 0.15) is 15.6 Å². The molecule has 1 aliphatic heterocycles. The highest BCUT2D eigenvalue weighted by Gasteiger charge is 2.28. The van der Waals surface area contributed by atoms with Crippen molar-refractivity contribution >= 4 is 27.6 Å². The molecule has 0 saturated heterocycles. The summed E-state index contributed by atoms with van der Waals surface area (Å²) in [4.78, 5) is 12.6. The van der Waals surface area contributed by atoms with Crippen LogP contribution in [0, 0.1) is 22.2 Å². The van der Waals surface area contributed by atoms with Crippen LogP contribution in [0.2, 0.25) is 0 Å². The first kappa shape index (κ1) is 19.1. The molecule has 4 N–H and O–H groups in total. The molecule has 0 bridgehead atoms. The van der Waals surface area contributed by atoms with Crippen molar-refractivity contribution in [3.05, 3.63) is 53.1 Å². The highest BCUT2D eigenvalue weighted by Crippen LogP contribution is 2.27. The van der Waals surface area contributed by atoms with Gasteiger partial charge in [-0.1, -0.05) is 12.2 Å². The van der Waals surface area contributed by atoms with Crippen molar-refractivity contribution in [3.63, 3.8) is 0 Å². The van der Waals surface area contributed by atoms with Crippen LogP contribution < -0.4 is 10.0 Å². The molecule has 7 nitrogen and oxygen atoms in total. The molecule has 11 heteroatoms. The molecular weight excluding hydrogens is 385 g/mol. The summed E-state index contributed by atoms with van der Waals surface area (Å²) in [5.41, 5.74) is -0.157. The Morgan fingerprint density at radius 1 is 1.37 bits per heavy atom. The third-order valence-electron chi connectivity index (χ3n) is 3.96. The predicted octanol–water partition coefficient (Wildman–Crippen LogP) is 1.99. The summed E-state index contributed by atoms with van der Waals surface area (Å²) in [6.07, 6.45) is 4.21. The summed E-state index contributed by atoms with van der Waals surface area (Å²) in [7, 11) is -2.04. The summed E-state index contributed by atoms with van der Waals surface area (Å²) in [6, 6.07) is 0.513. The van der Waals surface area contributed by atoms with Gasteiger partial charge >= 0.3 is 0 Å². The van der Waals surface area contributed by atoms with E-state index in [0.29, 0.717) is 12.1 Å². The van der Waals surface area contributed by atoms with Crippen LogP contribution in [-0.2, 0) is 17.0 Å². The summed E-state index contributed by atoms with van der Waals surface area (Å²) in [6.45, 7) is -0.404. The summed E-state index contributed by atoms with van der Waals surface area (Å²) < 4.78 is 64.2. The maximum atomic E-state index is 13.3. The van der Waals surface area contributed by atoms with Gasteiger partial charge in [0.25, 0.3) is 5.91 Å². The minimum atomic E-state index is -3.51. The Morgan fingerprint density at radius 3 is 2.59 bits per heavy atom. The van der Waals surface area contributed by atoms with Crippen LogP contribution in [0.4, 0.5) is 18.9 Å². The van der Waals surface area contributed by atoms with E-state index in [4.69, 9.17) is 4.78 Å². The Hall–Kier alpha value is -2.63. The fourth-order valence-corrected chi connectivity index (χ4v) is 4.22. The third kappa shape index (κ3) is 3.48. The van der Waals surface area contributed by atoms with Crippen LogP contribution >= 0.6 is 0 Å². The smallest absolute Gasteiger partial charge is 0.272 e. The number of benzene rings is 1. The number of aliphatic hydroxyl groups excluding tert-OH is 1. The average molecular weight is 400 g/mol. The first-order chi connectivity index (χ1) is 12.6. The van der Waals surface area contributed by atoms with Gasteiger partial charge in [-0.3, -0.25) is 4.79 Å². The molecule has 1 aromatic carbocycles. The van der Waals surface area contributed by atoms with Crippen LogP contribution in [0.25, 0.3) is 6.08 Å². The van der Waals surface area contributed by atoms with E-state index in [1.807, 2.05) is 0 Å². The van der Waals surface area contributed by atoms with Crippen molar-refractivity contribution in [1.29, 1.82) is 4.78 Å². The maximum Gasteiger partial charge on any atom is 0.272 e. The summed E-state index contributed by atoms with van der Waals surface area (Å²) in [5.74, 6) is -5.37. The third-order valence-corrected chi connectivity index (χ3v) is 5.54. The average Bonchev–Trinajstić information content (AvgIpc) is 2.87. The fraction of sp³-hybridized carbons (Fsp3) is 0.188. The van der Waals surface area contributed by atoms with E-state index in [1.54, 1.807) is 0 Å². The fourth-order valence-electron chi connectivity index (χ4n) is 2.73. The van der Waals surface area contributed by atoms with Gasteiger partial charge in [-0.05, 0) is 0 Å². The van der Waals surface area contributed by atoms with Crippen molar-refractivity contribution in [3.8, 4) is 0 Å². The highest BCUT2D eigenvalue weighted by atomic mass is 32.2. The van der Waals surface area contributed by atoms with Crippen LogP contribution in [0.3, 0.4) is 0 Å². The second-order valence-electron chi connectivity index (χ2n) is 5.90. The lowest BCUT2D eigenvalue weighted by Gasteiger charge is -2.12. The van der Waals surface area contributed by atoms with Gasteiger partial charge in [-0.2, -0.15) is 0 Å². The van der Waals surface area contributed by atoms with Crippen LogP contribution in [0.5, 0.6) is 0 Å². The monoisotopic (exact) mass is 400 g/mol. The molecule has 2 heterocycles. The molecular formula is C16H15F3N4O3S. The summed E-state index contributed by atoms with van der Waals surface area (Å²) in [5, 5.41) is 11.5. The number of aryl methyl sites for hydroxylation is 1. The minimum Gasteiger partial charge on any atom is -0.394 e. The Morgan fingerprint density at radius 2 is 2.00 bits per heavy atom. The predicted molar refractivity (Wildman–Crippen MR) is 91.9 cm³/mol. The lowest BCUT2D eigenvalue weighted by Crippen LogP contribution is -2.34. The number of aromatic nitrogens is 1. The van der Waals surface area contributed by atoms with Gasteiger partial charge in [0, 0.05) is 36.6 Å². The molecule has 0 fully saturated rings. The van der Waals surface area contributed by atoms with E-state index in [0.717, 1.165) is 0 Å². The zero-order valence-corrected chi connectivity index (χ0v) is 14.7. The van der Waals surface area contributed by atoms with E-state index < -0.39 is 45.9 Å². The van der Waals surface area contributed by atoms with Crippen molar-refractivity contribution in [2.24, 2.45) is 7.05 Å². The van der Waals surface area contributed by atoms with E-state index in [1.165, 1.54) is 30.0 Å². The van der Waals surface area contributed by atoms with Crippen LogP contribution in [0.15, 0.2) is 29.3 Å². The Labute approximate surface area is 152 Å². The Kier molecular flexibility index (Phi) is 4.84. The molecule has 1 aromatic heterocycles. The molecule has 144 valence electrons. The van der Waals surface area contributed by atoms with Crippen LogP contribution in [-0.4, -0.2) is 32.4 Å². The molecule has 3 rings (SSSR count). The van der Waals surface area contributed by atoms with Crippen molar-refractivity contribution < 1.29 is 27.3 Å². The van der Waals surface area contributed by atoms with Crippen LogP contribution in [0.1, 0.15) is 16.1 Å². The van der Waals surface area contributed by atoms with E-state index >= 15 is 0 Å². The number of aliphatic hydroxyl groups is 1. The number of amides is 1. The summed E-state index contributed by atoms with van der Waals surface area (Å²) >= 11 is 0. The van der Waals surface area contributed by atoms with Gasteiger partial charge < -0.3 is 15.0 Å². The van der Waals surface area contributed by atoms with Crippen molar-refractivity contribution in [2.75, 3.05) is 11.9 Å². The van der Waals surface area contributed by atoms with Gasteiger partial charge in [-0.25, -0.2) is 26.9 Å². The number of anilines is 1. The number of fused-ring (bicyclic) bond motifs is 1. The molecule has 0 radical (unpaired) electrons. The second-order valence-corrected chi connectivity index (χ2v) is 7.68. The molecule has 1 aliphatic rings.